The highest BCUT2D eigenvalue weighted by atomic mass is 19.1. The van der Waals surface area contributed by atoms with Crippen LogP contribution in [-0.4, -0.2) is 41.3 Å². The predicted octanol–water partition coefficient (Wildman–Crippen LogP) is 3.01. The van der Waals surface area contributed by atoms with Crippen LogP contribution in [0.3, 0.4) is 0 Å². The first kappa shape index (κ1) is 18.3. The molecule has 26 heavy (non-hydrogen) atoms. The van der Waals surface area contributed by atoms with Crippen LogP contribution in [0.1, 0.15) is 30.7 Å². The van der Waals surface area contributed by atoms with Gasteiger partial charge in [0.15, 0.2) is 5.82 Å². The first-order valence-electron chi connectivity index (χ1n) is 9.04. The lowest BCUT2D eigenvalue weighted by Crippen LogP contribution is -2.46. The maximum atomic E-state index is 15.1. The lowest BCUT2D eigenvalue weighted by Gasteiger charge is -2.36. The summed E-state index contributed by atoms with van der Waals surface area (Å²) in [6.45, 7) is 7.87. The second kappa shape index (κ2) is 8.24. The summed E-state index contributed by atoms with van der Waals surface area (Å²) in [5, 5.41) is 17.5. The molecule has 0 radical (unpaired) electrons. The SMILES string of the molecule is CC(C)Cc1ccc(C#N)c(N2CCN(Cc3cccnn3)CC2)c1F. The van der Waals surface area contributed by atoms with E-state index in [-0.39, 0.29) is 5.82 Å². The van der Waals surface area contributed by atoms with E-state index in [0.29, 0.717) is 42.2 Å². The molecule has 0 aliphatic carbocycles. The monoisotopic (exact) mass is 353 g/mol. The molecule has 136 valence electrons. The van der Waals surface area contributed by atoms with Gasteiger partial charge < -0.3 is 4.90 Å². The van der Waals surface area contributed by atoms with Crippen molar-refractivity contribution < 1.29 is 4.39 Å². The highest BCUT2D eigenvalue weighted by Crippen LogP contribution is 2.29. The topological polar surface area (TPSA) is 56.1 Å². The van der Waals surface area contributed by atoms with Gasteiger partial charge in [0.25, 0.3) is 0 Å². The minimum Gasteiger partial charge on any atom is -0.366 e. The zero-order valence-electron chi connectivity index (χ0n) is 15.3. The molecule has 3 rings (SSSR count). The molecule has 0 N–H and O–H groups in total. The van der Waals surface area contributed by atoms with Crippen LogP contribution in [0.4, 0.5) is 10.1 Å². The van der Waals surface area contributed by atoms with Crippen LogP contribution < -0.4 is 4.90 Å². The molecular formula is C20H24FN5. The van der Waals surface area contributed by atoms with Gasteiger partial charge in [-0.2, -0.15) is 15.5 Å². The molecule has 0 bridgehead atoms. The number of aromatic nitrogens is 2. The molecular weight excluding hydrogens is 329 g/mol. The molecule has 1 fully saturated rings. The summed E-state index contributed by atoms with van der Waals surface area (Å²) >= 11 is 0. The van der Waals surface area contributed by atoms with E-state index in [9.17, 15) is 5.26 Å². The summed E-state index contributed by atoms with van der Waals surface area (Å²) < 4.78 is 15.1. The molecule has 2 aromatic rings. The maximum absolute atomic E-state index is 15.1. The zero-order chi connectivity index (χ0) is 18.5. The van der Waals surface area contributed by atoms with Crippen molar-refractivity contribution in [1.29, 1.82) is 5.26 Å². The molecule has 1 aromatic heterocycles. The maximum Gasteiger partial charge on any atom is 0.151 e. The van der Waals surface area contributed by atoms with Gasteiger partial charge in [-0.15, -0.1) is 0 Å². The Labute approximate surface area is 154 Å². The Morgan fingerprint density at radius 3 is 2.58 bits per heavy atom. The number of piperazine rings is 1. The van der Waals surface area contributed by atoms with Crippen molar-refractivity contribution >= 4 is 5.69 Å². The van der Waals surface area contributed by atoms with E-state index in [1.165, 1.54) is 0 Å². The molecule has 2 heterocycles. The van der Waals surface area contributed by atoms with E-state index >= 15 is 4.39 Å². The van der Waals surface area contributed by atoms with Gasteiger partial charge >= 0.3 is 0 Å². The molecule has 0 unspecified atom stereocenters. The molecule has 0 atom stereocenters. The molecule has 1 saturated heterocycles. The summed E-state index contributed by atoms with van der Waals surface area (Å²) in [7, 11) is 0. The minimum absolute atomic E-state index is 0.236. The van der Waals surface area contributed by atoms with Crippen molar-refractivity contribution in [1.82, 2.24) is 15.1 Å². The van der Waals surface area contributed by atoms with Gasteiger partial charge in [-0.05, 0) is 36.1 Å². The zero-order valence-corrected chi connectivity index (χ0v) is 15.3. The van der Waals surface area contributed by atoms with Crippen molar-refractivity contribution in [2.75, 3.05) is 31.1 Å². The first-order valence-corrected chi connectivity index (χ1v) is 9.04. The standard InChI is InChI=1S/C20H24FN5/c1-15(2)12-16-5-6-17(13-22)20(19(16)21)26-10-8-25(9-11-26)14-18-4-3-7-23-24-18/h3-7,15H,8-12,14H2,1-2H3. The number of nitriles is 1. The normalized spacial score (nSPS) is 15.3. The van der Waals surface area contributed by atoms with Gasteiger partial charge in [-0.25, -0.2) is 4.39 Å². The van der Waals surface area contributed by atoms with Gasteiger partial charge in [0.05, 0.1) is 16.9 Å². The molecule has 1 aliphatic rings. The third-order valence-corrected chi connectivity index (χ3v) is 4.65. The number of benzene rings is 1. The third kappa shape index (κ3) is 4.17. The fraction of sp³-hybridized carbons (Fsp3) is 0.450. The Balaban J connectivity index is 1.73. The fourth-order valence-corrected chi connectivity index (χ4v) is 3.38. The first-order chi connectivity index (χ1) is 12.6. The molecule has 1 aromatic carbocycles. The van der Waals surface area contributed by atoms with E-state index in [4.69, 9.17) is 0 Å². The number of anilines is 1. The van der Waals surface area contributed by atoms with Gasteiger partial charge in [-0.3, -0.25) is 4.90 Å². The minimum atomic E-state index is -0.236. The van der Waals surface area contributed by atoms with Crippen LogP contribution in [0.15, 0.2) is 30.5 Å². The van der Waals surface area contributed by atoms with Crippen molar-refractivity contribution in [3.05, 3.63) is 53.1 Å². The van der Waals surface area contributed by atoms with Crippen LogP contribution in [-0.2, 0) is 13.0 Å². The number of nitrogens with zero attached hydrogens (tertiary/aromatic N) is 5. The Morgan fingerprint density at radius 1 is 1.19 bits per heavy atom. The van der Waals surface area contributed by atoms with Gasteiger partial charge in [-0.1, -0.05) is 19.9 Å². The highest BCUT2D eigenvalue weighted by Gasteiger charge is 2.24. The summed E-state index contributed by atoms with van der Waals surface area (Å²) in [6, 6.07) is 9.50. The quantitative estimate of drug-likeness (QED) is 0.827. The summed E-state index contributed by atoms with van der Waals surface area (Å²) in [5.74, 6) is 0.134. The highest BCUT2D eigenvalue weighted by molar-refractivity contribution is 5.62. The third-order valence-electron chi connectivity index (χ3n) is 4.65. The van der Waals surface area contributed by atoms with Crippen LogP contribution in [0.5, 0.6) is 0 Å². The lowest BCUT2D eigenvalue weighted by molar-refractivity contribution is 0.245. The Hall–Kier alpha value is -2.52. The lowest BCUT2D eigenvalue weighted by atomic mass is 9.99. The smallest absolute Gasteiger partial charge is 0.151 e. The Kier molecular flexibility index (Phi) is 5.79. The molecule has 0 spiro atoms. The average molecular weight is 353 g/mol. The van der Waals surface area contributed by atoms with Crippen molar-refractivity contribution in [3.63, 3.8) is 0 Å². The van der Waals surface area contributed by atoms with E-state index in [2.05, 4.69) is 35.0 Å². The Morgan fingerprint density at radius 2 is 1.96 bits per heavy atom. The van der Waals surface area contributed by atoms with E-state index < -0.39 is 0 Å². The second-order valence-electron chi connectivity index (χ2n) is 7.12. The van der Waals surface area contributed by atoms with Crippen LogP contribution in [0.25, 0.3) is 0 Å². The average Bonchev–Trinajstić information content (AvgIpc) is 2.64. The number of hydrogen-bond acceptors (Lipinski definition) is 5. The van der Waals surface area contributed by atoms with E-state index in [0.717, 1.165) is 25.3 Å². The van der Waals surface area contributed by atoms with Gasteiger partial charge in [0, 0.05) is 38.9 Å². The van der Waals surface area contributed by atoms with Crippen molar-refractivity contribution in [2.24, 2.45) is 5.92 Å². The van der Waals surface area contributed by atoms with Crippen LogP contribution in [0.2, 0.25) is 0 Å². The number of hydrogen-bond donors (Lipinski definition) is 0. The molecule has 1 aliphatic heterocycles. The molecule has 0 amide bonds. The van der Waals surface area contributed by atoms with Crippen molar-refractivity contribution in [3.8, 4) is 6.07 Å². The fourth-order valence-electron chi connectivity index (χ4n) is 3.38. The molecule has 0 saturated carbocycles. The Bertz CT molecular complexity index is 777. The number of rotatable bonds is 5. The summed E-state index contributed by atoms with van der Waals surface area (Å²) in [6.07, 6.45) is 2.34. The van der Waals surface area contributed by atoms with Gasteiger partial charge in [0.1, 0.15) is 6.07 Å². The summed E-state index contributed by atoms with van der Waals surface area (Å²) in [5.41, 5.74) is 2.50. The second-order valence-corrected chi connectivity index (χ2v) is 7.12. The van der Waals surface area contributed by atoms with E-state index in [1.807, 2.05) is 17.0 Å². The van der Waals surface area contributed by atoms with E-state index in [1.54, 1.807) is 18.3 Å². The van der Waals surface area contributed by atoms with Gasteiger partial charge in [0.2, 0.25) is 0 Å². The largest absolute Gasteiger partial charge is 0.366 e. The molecule has 6 heteroatoms. The van der Waals surface area contributed by atoms with Crippen LogP contribution >= 0.6 is 0 Å². The predicted molar refractivity (Wildman–Crippen MR) is 99.2 cm³/mol. The van der Waals surface area contributed by atoms with Crippen molar-refractivity contribution in [2.45, 2.75) is 26.8 Å². The molecule has 5 nitrogen and oxygen atoms in total. The summed E-state index contributed by atoms with van der Waals surface area (Å²) in [4.78, 5) is 4.29. The number of halogens is 1. The van der Waals surface area contributed by atoms with Crippen LogP contribution in [0, 0.1) is 23.1 Å².